The molecule has 0 atom stereocenters. The molecule has 0 spiro atoms. The molecular formula is C25H22FN3O2S. The first-order valence-electron chi connectivity index (χ1n) is 10.1. The molecule has 4 rings (SSSR count). The number of amides is 2. The number of nitrogens with zero attached hydrogens (tertiary/aromatic N) is 2. The number of rotatable bonds is 3. The standard InChI is InChI=1S/C25H22FN3O2S/c1-14-9-10-15(2)22(11-14)29-24(31)19(23(30)27-25(29)32)13-18-12-16(3)28(17(18)4)21-8-6-5-7-20(21)26/h5-13H,1-4H3,(H,27,30,32)/b19-13+. The Balaban J connectivity index is 1.80. The quantitative estimate of drug-likeness (QED) is 0.360. The van der Waals surface area contributed by atoms with Crippen molar-refractivity contribution in [3.8, 4) is 5.69 Å². The van der Waals surface area contributed by atoms with Gasteiger partial charge < -0.3 is 4.57 Å². The Labute approximate surface area is 191 Å². The van der Waals surface area contributed by atoms with E-state index in [2.05, 4.69) is 5.32 Å². The van der Waals surface area contributed by atoms with Crippen LogP contribution in [0.15, 0.2) is 54.1 Å². The lowest BCUT2D eigenvalue weighted by molar-refractivity contribution is -0.122. The molecule has 1 aromatic heterocycles. The monoisotopic (exact) mass is 447 g/mol. The number of halogens is 1. The highest BCUT2D eigenvalue weighted by Gasteiger charge is 2.35. The van der Waals surface area contributed by atoms with Crippen molar-refractivity contribution in [2.45, 2.75) is 27.7 Å². The second-order valence-corrected chi connectivity index (χ2v) is 8.25. The molecular weight excluding hydrogens is 425 g/mol. The van der Waals surface area contributed by atoms with Crippen LogP contribution in [0.4, 0.5) is 10.1 Å². The lowest BCUT2D eigenvalue weighted by Crippen LogP contribution is -2.54. The first-order chi connectivity index (χ1) is 15.2. The van der Waals surface area contributed by atoms with Crippen LogP contribution < -0.4 is 10.2 Å². The third kappa shape index (κ3) is 3.65. The molecule has 1 N–H and O–H groups in total. The molecule has 2 aromatic carbocycles. The molecule has 1 aliphatic rings. The molecule has 5 nitrogen and oxygen atoms in total. The van der Waals surface area contributed by atoms with E-state index >= 15 is 0 Å². The second kappa shape index (κ2) is 8.16. The van der Waals surface area contributed by atoms with Gasteiger partial charge in [-0.05, 0) is 86.9 Å². The summed E-state index contributed by atoms with van der Waals surface area (Å²) in [7, 11) is 0. The summed E-state index contributed by atoms with van der Waals surface area (Å²) in [6.07, 6.45) is 1.54. The average molecular weight is 448 g/mol. The van der Waals surface area contributed by atoms with E-state index in [1.807, 2.05) is 52.0 Å². The van der Waals surface area contributed by atoms with Crippen LogP contribution in [-0.2, 0) is 9.59 Å². The van der Waals surface area contributed by atoms with E-state index < -0.39 is 11.8 Å². The van der Waals surface area contributed by atoms with Gasteiger partial charge in [0, 0.05) is 11.4 Å². The fraction of sp³-hybridized carbons (Fsp3) is 0.160. The Kier molecular flexibility index (Phi) is 5.52. The highest BCUT2D eigenvalue weighted by atomic mass is 32.1. The van der Waals surface area contributed by atoms with E-state index in [0.29, 0.717) is 22.6 Å². The van der Waals surface area contributed by atoms with E-state index in [1.165, 1.54) is 17.0 Å². The maximum atomic E-state index is 14.4. The summed E-state index contributed by atoms with van der Waals surface area (Å²) in [6, 6.07) is 14.0. The number of hydrogen-bond acceptors (Lipinski definition) is 3. The highest BCUT2D eigenvalue weighted by molar-refractivity contribution is 7.80. The summed E-state index contributed by atoms with van der Waals surface area (Å²) in [4.78, 5) is 27.4. The third-order valence-electron chi connectivity index (χ3n) is 5.57. The lowest BCUT2D eigenvalue weighted by atomic mass is 10.0. The average Bonchev–Trinajstić information content (AvgIpc) is 3.01. The van der Waals surface area contributed by atoms with Crippen molar-refractivity contribution in [2.75, 3.05) is 4.90 Å². The van der Waals surface area contributed by atoms with Crippen LogP contribution >= 0.6 is 12.2 Å². The first-order valence-corrected chi connectivity index (χ1v) is 10.5. The molecule has 3 aromatic rings. The molecule has 1 fully saturated rings. The molecule has 0 aliphatic carbocycles. The molecule has 0 bridgehead atoms. The molecule has 0 unspecified atom stereocenters. The van der Waals surface area contributed by atoms with Crippen molar-refractivity contribution in [3.63, 3.8) is 0 Å². The predicted octanol–water partition coefficient (Wildman–Crippen LogP) is 4.68. The van der Waals surface area contributed by atoms with Gasteiger partial charge in [-0.15, -0.1) is 0 Å². The zero-order valence-electron chi connectivity index (χ0n) is 18.2. The summed E-state index contributed by atoms with van der Waals surface area (Å²) >= 11 is 5.31. The lowest BCUT2D eigenvalue weighted by Gasteiger charge is -2.30. The molecule has 1 aliphatic heterocycles. The number of aryl methyl sites for hydroxylation is 3. The number of thiocarbonyl (C=S) groups is 1. The van der Waals surface area contributed by atoms with Crippen LogP contribution in [-0.4, -0.2) is 21.5 Å². The van der Waals surface area contributed by atoms with E-state index in [4.69, 9.17) is 12.2 Å². The summed E-state index contributed by atoms with van der Waals surface area (Å²) in [5.74, 6) is -1.41. The Bertz CT molecular complexity index is 1320. The van der Waals surface area contributed by atoms with Crippen LogP contribution in [0.1, 0.15) is 28.1 Å². The van der Waals surface area contributed by atoms with Gasteiger partial charge in [-0.3, -0.25) is 19.8 Å². The zero-order chi connectivity index (χ0) is 23.2. The fourth-order valence-corrected chi connectivity index (χ4v) is 4.20. The molecule has 7 heteroatoms. The van der Waals surface area contributed by atoms with Crippen molar-refractivity contribution in [1.29, 1.82) is 0 Å². The molecule has 32 heavy (non-hydrogen) atoms. The van der Waals surface area contributed by atoms with Crippen LogP contribution in [0.5, 0.6) is 0 Å². The highest BCUT2D eigenvalue weighted by Crippen LogP contribution is 2.28. The first kappa shape index (κ1) is 21.6. The third-order valence-corrected chi connectivity index (χ3v) is 5.86. The van der Waals surface area contributed by atoms with Crippen LogP contribution in [0.3, 0.4) is 0 Å². The van der Waals surface area contributed by atoms with Crippen LogP contribution in [0, 0.1) is 33.5 Å². The SMILES string of the molecule is Cc1ccc(C)c(N2C(=O)/C(=C/c3cc(C)n(-c4ccccc4F)c3C)C(=O)NC2=S)c1. The summed E-state index contributed by atoms with van der Waals surface area (Å²) in [5.41, 5.74) is 4.98. The van der Waals surface area contributed by atoms with Crippen LogP contribution in [0.25, 0.3) is 11.8 Å². The summed E-state index contributed by atoms with van der Waals surface area (Å²) in [5, 5.41) is 2.66. The molecule has 162 valence electrons. The number of anilines is 1. The largest absolute Gasteiger partial charge is 0.315 e. The van der Waals surface area contributed by atoms with Crippen molar-refractivity contribution >= 4 is 40.9 Å². The Morgan fingerprint density at radius 3 is 2.41 bits per heavy atom. The molecule has 2 amide bonds. The van der Waals surface area contributed by atoms with Gasteiger partial charge in [0.2, 0.25) is 0 Å². The van der Waals surface area contributed by atoms with Gasteiger partial charge in [0.15, 0.2) is 5.11 Å². The van der Waals surface area contributed by atoms with E-state index in [0.717, 1.165) is 16.8 Å². The Hall–Kier alpha value is -3.58. The van der Waals surface area contributed by atoms with Gasteiger partial charge in [0.1, 0.15) is 11.4 Å². The Morgan fingerprint density at radius 2 is 1.69 bits per heavy atom. The number of carbonyl (C=O) groups is 2. The topological polar surface area (TPSA) is 54.3 Å². The van der Waals surface area contributed by atoms with E-state index in [1.54, 1.807) is 22.8 Å². The zero-order valence-corrected chi connectivity index (χ0v) is 19.0. The smallest absolute Gasteiger partial charge is 0.270 e. The van der Waals surface area contributed by atoms with Gasteiger partial charge in [0.05, 0.1) is 11.4 Å². The molecule has 0 saturated carbocycles. The van der Waals surface area contributed by atoms with E-state index in [-0.39, 0.29) is 16.5 Å². The maximum absolute atomic E-state index is 14.4. The van der Waals surface area contributed by atoms with Crippen molar-refractivity contribution < 1.29 is 14.0 Å². The minimum atomic E-state index is -0.558. The van der Waals surface area contributed by atoms with Crippen LogP contribution in [0.2, 0.25) is 0 Å². The molecule has 2 heterocycles. The number of carbonyl (C=O) groups excluding carboxylic acids is 2. The molecule has 1 saturated heterocycles. The van der Waals surface area contributed by atoms with Crippen molar-refractivity contribution in [3.05, 3.63) is 88.0 Å². The fourth-order valence-electron chi connectivity index (χ4n) is 3.93. The van der Waals surface area contributed by atoms with Gasteiger partial charge in [0.25, 0.3) is 11.8 Å². The predicted molar refractivity (Wildman–Crippen MR) is 127 cm³/mol. The number of aromatic nitrogens is 1. The minimum Gasteiger partial charge on any atom is -0.315 e. The minimum absolute atomic E-state index is 0.0340. The van der Waals surface area contributed by atoms with E-state index in [9.17, 15) is 14.0 Å². The van der Waals surface area contributed by atoms with Crippen molar-refractivity contribution in [1.82, 2.24) is 9.88 Å². The maximum Gasteiger partial charge on any atom is 0.270 e. The van der Waals surface area contributed by atoms with Gasteiger partial charge in [-0.2, -0.15) is 0 Å². The second-order valence-electron chi connectivity index (χ2n) is 7.86. The normalized spacial score (nSPS) is 15.5. The van der Waals surface area contributed by atoms with Crippen molar-refractivity contribution in [2.24, 2.45) is 0 Å². The number of nitrogens with one attached hydrogen (secondary N) is 1. The Morgan fingerprint density at radius 1 is 0.969 bits per heavy atom. The van der Waals surface area contributed by atoms with Gasteiger partial charge >= 0.3 is 0 Å². The van der Waals surface area contributed by atoms with Gasteiger partial charge in [-0.1, -0.05) is 24.3 Å². The van der Waals surface area contributed by atoms with Gasteiger partial charge in [-0.25, -0.2) is 4.39 Å². The number of para-hydroxylation sites is 1. The summed E-state index contributed by atoms with van der Waals surface area (Å²) in [6.45, 7) is 7.48. The number of hydrogen-bond donors (Lipinski definition) is 1. The summed E-state index contributed by atoms with van der Waals surface area (Å²) < 4.78 is 16.2. The molecule has 0 radical (unpaired) electrons. The number of benzene rings is 2.